The third kappa shape index (κ3) is 10.9. The van der Waals surface area contributed by atoms with Crippen molar-refractivity contribution in [3.05, 3.63) is 526 Å². The molecule has 2 nitrogen and oxygen atoms in total. The average Bonchev–Trinajstić information content (AvgIpc) is 1.50. The average molecular weight is 1700 g/mol. The Morgan fingerprint density at radius 2 is 0.373 bits per heavy atom. The Kier molecular flexibility index (Phi) is 16.2. The highest BCUT2D eigenvalue weighted by molar-refractivity contribution is 6.13. The first-order valence-electron chi connectivity index (χ1n) is 47.2. The number of benzene rings is 20. The fraction of sp³-hybridized carbons (Fsp3) is 0.0606. The summed E-state index contributed by atoms with van der Waals surface area (Å²) in [5.41, 5.74) is 54.4. The van der Waals surface area contributed by atoms with Gasteiger partial charge in [-0.2, -0.15) is 0 Å². The predicted molar refractivity (Wildman–Crippen MR) is 561 cm³/mol. The van der Waals surface area contributed by atoms with E-state index in [1.54, 1.807) is 0 Å². The summed E-state index contributed by atoms with van der Waals surface area (Å²) in [5.74, 6) is 0. The molecule has 2 heterocycles. The van der Waals surface area contributed by atoms with Crippen LogP contribution in [0.2, 0.25) is 0 Å². The van der Waals surface area contributed by atoms with Crippen LogP contribution in [0.3, 0.4) is 0 Å². The third-order valence-electron chi connectivity index (χ3n) is 31.4. The summed E-state index contributed by atoms with van der Waals surface area (Å²) in [7, 11) is 0. The molecule has 0 atom stereocenters. The van der Waals surface area contributed by atoms with Crippen molar-refractivity contribution in [2.24, 2.45) is 0 Å². The molecule has 0 fully saturated rings. The zero-order chi connectivity index (χ0) is 88.6. The van der Waals surface area contributed by atoms with Gasteiger partial charge in [-0.15, -0.1) is 0 Å². The van der Waals surface area contributed by atoms with Crippen molar-refractivity contribution >= 4 is 67.9 Å². The quantitative estimate of drug-likeness (QED) is 0.114. The van der Waals surface area contributed by atoms with E-state index >= 15 is 0 Å². The highest BCUT2D eigenvalue weighted by Gasteiger charge is 2.54. The third-order valence-corrected chi connectivity index (χ3v) is 31.4. The number of para-hydroxylation sites is 2. The summed E-state index contributed by atoms with van der Waals surface area (Å²) >= 11 is 0. The molecule has 2 heteroatoms. The van der Waals surface area contributed by atoms with E-state index in [0.29, 0.717) is 0 Å². The van der Waals surface area contributed by atoms with Crippen LogP contribution in [0.5, 0.6) is 0 Å². The first kappa shape index (κ1) is 76.4. The van der Waals surface area contributed by atoms with Gasteiger partial charge in [-0.25, -0.2) is 0 Å². The lowest BCUT2D eigenvalue weighted by molar-refractivity contribution is 0.660. The van der Waals surface area contributed by atoms with E-state index in [9.17, 15) is 0 Å². The number of hydrogen-bond acceptors (Lipinski definition) is 0. The van der Waals surface area contributed by atoms with E-state index in [0.717, 1.165) is 22.3 Å². The van der Waals surface area contributed by atoms with Gasteiger partial charge in [0, 0.05) is 43.7 Å². The lowest BCUT2D eigenvalue weighted by atomic mass is 9.69. The molecule has 2 spiro atoms. The molecule has 0 amide bonds. The summed E-state index contributed by atoms with van der Waals surface area (Å²) in [4.78, 5) is 0. The van der Waals surface area contributed by atoms with Gasteiger partial charge >= 0.3 is 0 Å². The smallest absolute Gasteiger partial charge is 0.0725 e. The molecular formula is C132H88N2. The molecule has 0 saturated heterocycles. The predicted octanol–water partition coefficient (Wildman–Crippen LogP) is 33.9. The largest absolute Gasteiger partial charge is 0.309 e. The second kappa shape index (κ2) is 28.5. The Morgan fingerprint density at radius 3 is 0.687 bits per heavy atom. The molecule has 0 saturated carbocycles. The lowest BCUT2D eigenvalue weighted by Crippen LogP contribution is -2.26. The van der Waals surface area contributed by atoms with Crippen molar-refractivity contribution in [3.63, 3.8) is 0 Å². The van der Waals surface area contributed by atoms with Crippen LogP contribution in [0, 0.1) is 0 Å². The molecule has 134 heavy (non-hydrogen) atoms. The van der Waals surface area contributed by atoms with E-state index in [1.165, 1.54) is 244 Å². The topological polar surface area (TPSA) is 9.86 Å². The molecule has 22 aromatic rings. The summed E-state index contributed by atoms with van der Waals surface area (Å²) in [6, 6.07) is 166. The van der Waals surface area contributed by atoms with Crippen LogP contribution < -0.4 is 0 Å². The molecular weight excluding hydrogens is 1610 g/mol. The molecule has 626 valence electrons. The van der Waals surface area contributed by atoms with Crippen LogP contribution in [0.4, 0.5) is 0 Å². The van der Waals surface area contributed by atoms with Crippen molar-refractivity contribution < 1.29 is 0 Å². The molecule has 20 aromatic carbocycles. The molecule has 2 aromatic heterocycles. The van der Waals surface area contributed by atoms with E-state index in [-0.39, 0.29) is 10.8 Å². The van der Waals surface area contributed by atoms with Gasteiger partial charge in [-0.3, -0.25) is 0 Å². The molecule has 0 aliphatic heterocycles. The fourth-order valence-electron chi connectivity index (χ4n) is 25.1. The molecule has 28 rings (SSSR count). The zero-order valence-electron chi connectivity index (χ0n) is 74.8. The zero-order valence-corrected chi connectivity index (χ0v) is 74.8. The van der Waals surface area contributed by atoms with Crippen LogP contribution >= 0.6 is 0 Å². The van der Waals surface area contributed by atoms with Crippen LogP contribution in [-0.4, -0.2) is 9.13 Å². The summed E-state index contributed by atoms with van der Waals surface area (Å²) in [5, 5.41) is 5.02. The number of nitrogens with zero attached hydrogens (tertiary/aromatic N) is 2. The van der Waals surface area contributed by atoms with Crippen molar-refractivity contribution in [1.82, 2.24) is 9.13 Å². The number of aromatic nitrogens is 2. The van der Waals surface area contributed by atoms with Crippen molar-refractivity contribution in [2.75, 3.05) is 0 Å². The highest BCUT2D eigenvalue weighted by atomic mass is 15.0. The van der Waals surface area contributed by atoms with Crippen LogP contribution in [0.15, 0.2) is 437 Å². The SMILES string of the molecule is CC1(C)c2ccccc2-c2ccc(-n3c4ccccc4c4cc(-c5ccc(/C=C/c6ccc(-c7ccc8c(c7)C7(c9ccccc9-c9ccccc97)c7cc(-c9ccc%10c(c9)C9(c%11ccccc%11-c%11ccccc%119)c9cc(-c%11ccc(/C=C/c%12ccc(-c%13ccc%14c(c%13)c%13ccccc%13n%14-c%13ccc%14c(c%13)C(C)(C)c%13ccccc%13-%14)cc%12)cc%11)ccc9-%10)ccc7-8)cc6)cc5)ccc43)cc21. The van der Waals surface area contributed by atoms with Gasteiger partial charge in [-0.05, 0) is 296 Å². The van der Waals surface area contributed by atoms with Crippen molar-refractivity contribution in [1.29, 1.82) is 0 Å². The highest BCUT2D eigenvalue weighted by Crippen LogP contribution is 2.67. The van der Waals surface area contributed by atoms with Crippen LogP contribution in [-0.2, 0) is 21.7 Å². The maximum atomic E-state index is 2.56. The van der Waals surface area contributed by atoms with Crippen LogP contribution in [0.1, 0.15) is 117 Å². The second-order valence-electron chi connectivity index (χ2n) is 38.8. The Bertz CT molecular complexity index is 8280. The normalized spacial score (nSPS) is 14.4. The Labute approximate surface area is 780 Å². The minimum Gasteiger partial charge on any atom is -0.309 e. The standard InChI is InChI=1S/C132H88N2/c1-129(2)113-29-13-5-21-97(113)103-69-63-95(79-119(103)129)133-125-35-19-11-27-109(125)111-73-89(61-71-127(111)133)85-49-41-81(42-50-85)37-39-83-45-53-87(54-46-83)91-57-65-105-107-67-59-93(77-123(107)131(121(105)75-91)115-31-15-7-23-99(115)100-24-8-16-32-116(100)131)94-60-68-108-106-66-58-92(76-122(106)132(124(108)78-94)117-33-17-9-25-101(117)102-26-10-18-34-118(102)132)88-55-47-84(48-56-88)40-38-82-43-51-86(52-44-82)90-62-72-128-112(74-90)110-28-12-20-36-126(110)134(128)96-64-70-104-98-22-6-14-30-114(98)130(3,4)120(104)80-96/h5-80H,1-4H3/b39-37+,40-38+. The Morgan fingerprint density at radius 1 is 0.157 bits per heavy atom. The fourth-order valence-corrected chi connectivity index (χ4v) is 25.1. The summed E-state index contributed by atoms with van der Waals surface area (Å²) in [6.45, 7) is 9.46. The van der Waals surface area contributed by atoms with Gasteiger partial charge in [-0.1, -0.05) is 404 Å². The summed E-state index contributed by atoms with van der Waals surface area (Å²) in [6.07, 6.45) is 8.97. The van der Waals surface area contributed by atoms with Gasteiger partial charge in [0.15, 0.2) is 0 Å². The molecule has 0 bridgehead atoms. The number of fused-ring (bicyclic) bond motifs is 32. The number of hydrogen-bond donors (Lipinski definition) is 0. The van der Waals surface area contributed by atoms with E-state index in [4.69, 9.17) is 0 Å². The molecule has 0 N–H and O–H groups in total. The lowest BCUT2D eigenvalue weighted by Gasteiger charge is -2.31. The molecule has 6 aliphatic rings. The maximum Gasteiger partial charge on any atom is 0.0725 e. The Balaban J connectivity index is 0.462. The minimum absolute atomic E-state index is 0.0835. The van der Waals surface area contributed by atoms with E-state index in [1.807, 2.05) is 0 Å². The van der Waals surface area contributed by atoms with Crippen molar-refractivity contribution in [3.8, 4) is 134 Å². The first-order valence-corrected chi connectivity index (χ1v) is 47.2. The van der Waals surface area contributed by atoms with E-state index in [2.05, 4.69) is 498 Å². The maximum absolute atomic E-state index is 2.56. The monoisotopic (exact) mass is 1700 g/mol. The first-order chi connectivity index (χ1) is 65.9. The van der Waals surface area contributed by atoms with Crippen molar-refractivity contribution in [2.45, 2.75) is 49.4 Å². The van der Waals surface area contributed by atoms with Gasteiger partial charge in [0.05, 0.1) is 32.9 Å². The van der Waals surface area contributed by atoms with Gasteiger partial charge in [0.2, 0.25) is 0 Å². The number of rotatable bonds is 11. The molecule has 6 aliphatic carbocycles. The van der Waals surface area contributed by atoms with Gasteiger partial charge in [0.25, 0.3) is 0 Å². The minimum atomic E-state index is -0.569. The van der Waals surface area contributed by atoms with Gasteiger partial charge in [0.1, 0.15) is 0 Å². The van der Waals surface area contributed by atoms with Gasteiger partial charge < -0.3 is 9.13 Å². The van der Waals surface area contributed by atoms with Crippen LogP contribution in [0.25, 0.3) is 202 Å². The summed E-state index contributed by atoms with van der Waals surface area (Å²) < 4.78 is 4.91. The Hall–Kier alpha value is -16.5. The second-order valence-corrected chi connectivity index (χ2v) is 38.8. The molecule has 0 unspecified atom stereocenters. The molecule has 0 radical (unpaired) electrons. The van der Waals surface area contributed by atoms with E-state index < -0.39 is 10.8 Å².